The average molecular weight is 378 g/mol. The normalized spacial score (nSPS) is 17.1. The van der Waals surface area contributed by atoms with Crippen molar-refractivity contribution >= 4 is 40.8 Å². The van der Waals surface area contributed by atoms with Gasteiger partial charge in [0, 0.05) is 11.7 Å². The summed E-state index contributed by atoms with van der Waals surface area (Å²) >= 11 is 11.8. The van der Waals surface area contributed by atoms with Gasteiger partial charge >= 0.3 is 5.97 Å². The van der Waals surface area contributed by atoms with Gasteiger partial charge in [-0.15, -0.1) is 0 Å². The van der Waals surface area contributed by atoms with Crippen molar-refractivity contribution in [1.82, 2.24) is 0 Å². The molecule has 3 rings (SSSR count). The van der Waals surface area contributed by atoms with Gasteiger partial charge in [0.1, 0.15) is 0 Å². The smallest absolute Gasteiger partial charge is 0.338 e. The predicted octanol–water partition coefficient (Wildman–Crippen LogP) is 4.52. The summed E-state index contributed by atoms with van der Waals surface area (Å²) in [5.74, 6) is -0.856. The first kappa shape index (κ1) is 17.8. The van der Waals surface area contributed by atoms with Crippen molar-refractivity contribution in [2.45, 2.75) is 32.4 Å². The Kier molecular flexibility index (Phi) is 5.02. The molecular weight excluding hydrogens is 361 g/mol. The summed E-state index contributed by atoms with van der Waals surface area (Å²) in [5, 5.41) is 0.613. The number of fused-ring (bicyclic) bond motifs is 1. The molecule has 0 saturated heterocycles. The van der Waals surface area contributed by atoms with E-state index >= 15 is 0 Å². The zero-order chi connectivity index (χ0) is 18.1. The number of hydrogen-bond donors (Lipinski definition) is 0. The van der Waals surface area contributed by atoms with Crippen LogP contribution in [0.2, 0.25) is 10.0 Å². The lowest BCUT2D eigenvalue weighted by Crippen LogP contribution is -2.43. The highest BCUT2D eigenvalue weighted by molar-refractivity contribution is 6.42. The molecular formula is C19H17Cl2NO3. The van der Waals surface area contributed by atoms with E-state index in [0.717, 1.165) is 17.7 Å². The Morgan fingerprint density at radius 2 is 1.88 bits per heavy atom. The minimum absolute atomic E-state index is 0.0241. The Hall–Kier alpha value is -2.04. The summed E-state index contributed by atoms with van der Waals surface area (Å²) in [4.78, 5) is 26.8. The number of anilines is 1. The zero-order valence-corrected chi connectivity index (χ0v) is 15.3. The maximum absolute atomic E-state index is 12.8. The predicted molar refractivity (Wildman–Crippen MR) is 98.4 cm³/mol. The Morgan fingerprint density at radius 3 is 2.60 bits per heavy atom. The summed E-state index contributed by atoms with van der Waals surface area (Å²) < 4.78 is 5.34. The first-order valence-corrected chi connectivity index (χ1v) is 8.71. The summed E-state index contributed by atoms with van der Waals surface area (Å²) in [6, 6.07) is 12.2. The summed E-state index contributed by atoms with van der Waals surface area (Å²) in [6.45, 7) is 3.55. The molecule has 0 unspecified atom stereocenters. The third-order valence-corrected chi connectivity index (χ3v) is 4.97. The van der Waals surface area contributed by atoms with Crippen molar-refractivity contribution in [2.75, 3.05) is 4.90 Å². The van der Waals surface area contributed by atoms with Crippen LogP contribution in [0.3, 0.4) is 0 Å². The summed E-state index contributed by atoms with van der Waals surface area (Å²) in [7, 11) is 0. The Labute approximate surface area is 156 Å². The number of hydrogen-bond acceptors (Lipinski definition) is 3. The van der Waals surface area contributed by atoms with Crippen molar-refractivity contribution < 1.29 is 14.3 Å². The van der Waals surface area contributed by atoms with Gasteiger partial charge < -0.3 is 9.64 Å². The first-order chi connectivity index (χ1) is 11.9. The summed E-state index contributed by atoms with van der Waals surface area (Å²) in [5.41, 5.74) is 2.24. The number of ether oxygens (including phenoxy) is 1. The highest BCUT2D eigenvalue weighted by atomic mass is 35.5. The molecule has 1 heterocycles. The quantitative estimate of drug-likeness (QED) is 0.738. The van der Waals surface area contributed by atoms with Crippen molar-refractivity contribution in [1.29, 1.82) is 0 Å². The van der Waals surface area contributed by atoms with Crippen molar-refractivity contribution in [3.8, 4) is 0 Å². The molecule has 0 radical (unpaired) electrons. The van der Waals surface area contributed by atoms with Gasteiger partial charge in [0.25, 0.3) is 5.91 Å². The number of esters is 1. The van der Waals surface area contributed by atoms with Crippen LogP contribution in [0.5, 0.6) is 0 Å². The number of carbonyl (C=O) groups is 2. The van der Waals surface area contributed by atoms with Gasteiger partial charge in [-0.05, 0) is 50.1 Å². The fourth-order valence-corrected chi connectivity index (χ4v) is 3.30. The molecule has 0 N–H and O–H groups in total. The second-order valence-electron chi connectivity index (χ2n) is 6.07. The molecule has 0 aromatic heterocycles. The Balaban J connectivity index is 1.75. The molecule has 0 bridgehead atoms. The standard InChI is InChI=1S/C19H17Cl2NO3/c1-11-9-13-5-3-4-6-17(13)22(11)18(23)12(2)25-19(24)14-7-8-15(20)16(21)10-14/h3-8,10-12H,9H2,1-2H3/t11-,12-/m1/s1. The van der Waals surface area contributed by atoms with Gasteiger partial charge in [-0.3, -0.25) is 4.79 Å². The van der Waals surface area contributed by atoms with E-state index in [9.17, 15) is 9.59 Å². The third kappa shape index (κ3) is 3.51. The second-order valence-corrected chi connectivity index (χ2v) is 6.88. The van der Waals surface area contributed by atoms with Gasteiger partial charge in [-0.1, -0.05) is 41.4 Å². The molecule has 130 valence electrons. The first-order valence-electron chi connectivity index (χ1n) is 7.95. The van der Waals surface area contributed by atoms with Crippen LogP contribution in [0.4, 0.5) is 5.69 Å². The van der Waals surface area contributed by atoms with Crippen LogP contribution < -0.4 is 4.90 Å². The van der Waals surface area contributed by atoms with Crippen LogP contribution in [0.1, 0.15) is 29.8 Å². The van der Waals surface area contributed by atoms with E-state index in [-0.39, 0.29) is 22.5 Å². The van der Waals surface area contributed by atoms with Crippen molar-refractivity contribution in [2.24, 2.45) is 0 Å². The van der Waals surface area contributed by atoms with Crippen molar-refractivity contribution in [3.05, 3.63) is 63.6 Å². The molecule has 0 saturated carbocycles. The third-order valence-electron chi connectivity index (χ3n) is 4.23. The number of nitrogens with zero attached hydrogens (tertiary/aromatic N) is 1. The van der Waals surface area contributed by atoms with E-state index in [0.29, 0.717) is 5.02 Å². The summed E-state index contributed by atoms with van der Waals surface area (Å²) in [6.07, 6.45) is -0.120. The minimum atomic E-state index is -0.907. The molecule has 6 heteroatoms. The van der Waals surface area contributed by atoms with Crippen LogP contribution in [0.25, 0.3) is 0 Å². The van der Waals surface area contributed by atoms with E-state index in [2.05, 4.69) is 0 Å². The number of carbonyl (C=O) groups excluding carboxylic acids is 2. The molecule has 1 amide bonds. The Bertz CT molecular complexity index is 837. The number of halogens is 2. The number of benzene rings is 2. The van der Waals surface area contributed by atoms with Gasteiger partial charge in [0.2, 0.25) is 0 Å². The largest absolute Gasteiger partial charge is 0.449 e. The fourth-order valence-electron chi connectivity index (χ4n) is 3.00. The number of amides is 1. The lowest BCUT2D eigenvalue weighted by molar-refractivity contribution is -0.126. The molecule has 0 aliphatic carbocycles. The molecule has 0 fully saturated rings. The van der Waals surface area contributed by atoms with E-state index in [4.69, 9.17) is 27.9 Å². The van der Waals surface area contributed by atoms with Crippen molar-refractivity contribution in [3.63, 3.8) is 0 Å². The van der Waals surface area contributed by atoms with Crippen LogP contribution in [-0.2, 0) is 16.0 Å². The van der Waals surface area contributed by atoms with Gasteiger partial charge in [0.05, 0.1) is 15.6 Å². The second kappa shape index (κ2) is 7.06. The molecule has 1 aliphatic rings. The molecule has 25 heavy (non-hydrogen) atoms. The zero-order valence-electron chi connectivity index (χ0n) is 13.8. The van der Waals surface area contributed by atoms with Crippen LogP contribution in [0.15, 0.2) is 42.5 Å². The maximum atomic E-state index is 12.8. The highest BCUT2D eigenvalue weighted by Gasteiger charge is 2.34. The molecule has 2 atom stereocenters. The van der Waals surface area contributed by atoms with Gasteiger partial charge in [-0.2, -0.15) is 0 Å². The van der Waals surface area contributed by atoms with E-state index in [1.807, 2.05) is 31.2 Å². The number of rotatable bonds is 3. The van der Waals surface area contributed by atoms with Crippen LogP contribution >= 0.6 is 23.2 Å². The average Bonchev–Trinajstić information content (AvgIpc) is 2.92. The maximum Gasteiger partial charge on any atom is 0.338 e. The van der Waals surface area contributed by atoms with E-state index in [1.165, 1.54) is 18.2 Å². The molecule has 4 nitrogen and oxygen atoms in total. The number of para-hydroxylation sites is 1. The molecule has 2 aromatic rings. The van der Waals surface area contributed by atoms with E-state index < -0.39 is 12.1 Å². The van der Waals surface area contributed by atoms with Gasteiger partial charge in [0.15, 0.2) is 6.10 Å². The fraction of sp³-hybridized carbons (Fsp3) is 0.263. The minimum Gasteiger partial charge on any atom is -0.449 e. The Morgan fingerprint density at radius 1 is 1.16 bits per heavy atom. The molecule has 0 spiro atoms. The lowest BCUT2D eigenvalue weighted by atomic mass is 10.1. The monoisotopic (exact) mass is 377 g/mol. The van der Waals surface area contributed by atoms with Crippen LogP contribution in [0, 0.1) is 0 Å². The SMILES string of the molecule is C[C@@H]1Cc2ccccc2N1C(=O)[C@@H](C)OC(=O)c1ccc(Cl)c(Cl)c1. The van der Waals surface area contributed by atoms with Gasteiger partial charge in [-0.25, -0.2) is 4.79 Å². The van der Waals surface area contributed by atoms with Crippen LogP contribution in [-0.4, -0.2) is 24.0 Å². The topological polar surface area (TPSA) is 46.6 Å². The van der Waals surface area contributed by atoms with E-state index in [1.54, 1.807) is 11.8 Å². The highest BCUT2D eigenvalue weighted by Crippen LogP contribution is 2.32. The molecule has 2 aromatic carbocycles. The molecule has 1 aliphatic heterocycles. The lowest BCUT2D eigenvalue weighted by Gasteiger charge is -2.26.